The van der Waals surface area contributed by atoms with Gasteiger partial charge in [-0.3, -0.25) is 0 Å². The number of allylic oxidation sites excluding steroid dienone is 1. The van der Waals surface area contributed by atoms with Crippen molar-refractivity contribution < 1.29 is 4.74 Å². The number of benzene rings is 2. The molecule has 0 unspecified atom stereocenters. The number of hydrogen-bond acceptors (Lipinski definition) is 3. The largest absolute Gasteiger partial charge is 0.494 e. The quantitative estimate of drug-likeness (QED) is 0.248. The Labute approximate surface area is 197 Å². The van der Waals surface area contributed by atoms with Crippen LogP contribution in [0.15, 0.2) is 60.8 Å². The molecule has 33 heavy (non-hydrogen) atoms. The molecule has 2 aromatic heterocycles. The van der Waals surface area contributed by atoms with E-state index < -0.39 is 0 Å². The number of aromatic nitrogens is 2. The maximum Gasteiger partial charge on any atom is 0.138 e. The van der Waals surface area contributed by atoms with Crippen LogP contribution in [-0.4, -0.2) is 42.1 Å². The molecule has 0 saturated heterocycles. The zero-order chi connectivity index (χ0) is 23.0. The molecule has 0 aliphatic heterocycles. The minimum absolute atomic E-state index is 0.737. The Kier molecular flexibility index (Phi) is 7.79. The van der Waals surface area contributed by atoms with Crippen molar-refractivity contribution in [3.05, 3.63) is 66.4 Å². The van der Waals surface area contributed by atoms with E-state index >= 15 is 0 Å². The van der Waals surface area contributed by atoms with E-state index in [4.69, 9.17) is 4.74 Å². The van der Waals surface area contributed by atoms with Crippen LogP contribution in [0.4, 0.5) is 0 Å². The first-order valence-corrected chi connectivity index (χ1v) is 12.1. The Bertz CT molecular complexity index is 1200. The molecule has 0 saturated carbocycles. The van der Waals surface area contributed by atoms with Crippen molar-refractivity contribution in [1.82, 2.24) is 14.9 Å². The van der Waals surface area contributed by atoms with Crippen LogP contribution in [0.5, 0.6) is 5.75 Å². The number of fused-ring (bicyclic) bond motifs is 3. The minimum Gasteiger partial charge on any atom is -0.494 e. The molecule has 0 spiro atoms. The highest BCUT2D eigenvalue weighted by atomic mass is 16.5. The van der Waals surface area contributed by atoms with Crippen LogP contribution in [0, 0.1) is 0 Å². The number of nitrogens with one attached hydrogen (secondary N) is 1. The predicted octanol–water partition coefficient (Wildman–Crippen LogP) is 7.31. The molecule has 4 aromatic rings. The summed E-state index contributed by atoms with van der Waals surface area (Å²) in [6.45, 7) is 4.01. The summed E-state index contributed by atoms with van der Waals surface area (Å²) in [5.74, 6) is 0.922. The van der Waals surface area contributed by atoms with E-state index in [1.54, 1.807) is 0 Å². The molecule has 0 aliphatic rings. The molecule has 2 heterocycles. The van der Waals surface area contributed by atoms with E-state index in [1.165, 1.54) is 41.2 Å². The highest BCUT2D eigenvalue weighted by molar-refractivity contribution is 6.07. The second kappa shape index (κ2) is 11.2. The summed E-state index contributed by atoms with van der Waals surface area (Å²) in [7, 11) is 4.17. The maximum atomic E-state index is 5.88. The lowest BCUT2D eigenvalue weighted by Crippen LogP contribution is -2.15. The lowest BCUT2D eigenvalue weighted by Gasteiger charge is -2.11. The lowest BCUT2D eigenvalue weighted by molar-refractivity contribution is 0.281. The highest BCUT2D eigenvalue weighted by Gasteiger charge is 2.08. The third kappa shape index (κ3) is 6.02. The molecule has 4 heteroatoms. The molecule has 0 amide bonds. The summed E-state index contributed by atoms with van der Waals surface area (Å²) in [4.78, 5) is 10.3. The fourth-order valence-electron chi connectivity index (χ4n) is 4.11. The van der Waals surface area contributed by atoms with Crippen molar-refractivity contribution >= 4 is 28.0 Å². The Morgan fingerprint density at radius 2 is 1.76 bits per heavy atom. The van der Waals surface area contributed by atoms with Crippen LogP contribution in [0.1, 0.15) is 44.6 Å². The minimum atomic E-state index is 0.737. The maximum absolute atomic E-state index is 5.88. The van der Waals surface area contributed by atoms with Gasteiger partial charge in [-0.2, -0.15) is 0 Å². The van der Waals surface area contributed by atoms with Crippen LogP contribution < -0.4 is 4.74 Å². The molecular formula is C29H35N3O. The summed E-state index contributed by atoms with van der Waals surface area (Å²) in [5.41, 5.74) is 5.59. The van der Waals surface area contributed by atoms with Gasteiger partial charge in [0.15, 0.2) is 0 Å². The van der Waals surface area contributed by atoms with E-state index in [9.17, 15) is 0 Å². The third-order valence-electron chi connectivity index (χ3n) is 5.96. The average Bonchev–Trinajstić information content (AvgIpc) is 3.19. The standard InChI is InChI=1S/C29H35N3O/c1-4-5-6-7-8-10-22-19-27-26-20-24(13-16-28(26)31-29(27)30-21-22)23-11-14-25(15-12-23)33-18-9-17-32(2)3/h8,10-16,19-21H,4-7,9,17-18H2,1-3H3,(H,30,31). The van der Waals surface area contributed by atoms with E-state index in [-0.39, 0.29) is 0 Å². The van der Waals surface area contributed by atoms with Crippen LogP contribution >= 0.6 is 0 Å². The van der Waals surface area contributed by atoms with Crippen LogP contribution in [0.25, 0.3) is 39.1 Å². The number of nitrogens with zero attached hydrogens (tertiary/aromatic N) is 2. The molecule has 0 fully saturated rings. The van der Waals surface area contributed by atoms with Gasteiger partial charge >= 0.3 is 0 Å². The number of aromatic amines is 1. The van der Waals surface area contributed by atoms with Crippen molar-refractivity contribution in [2.75, 3.05) is 27.2 Å². The molecule has 0 radical (unpaired) electrons. The summed E-state index contributed by atoms with van der Waals surface area (Å²) in [5, 5.41) is 2.38. The first-order chi connectivity index (χ1) is 16.1. The van der Waals surface area contributed by atoms with Crippen molar-refractivity contribution in [1.29, 1.82) is 0 Å². The van der Waals surface area contributed by atoms with Crippen molar-refractivity contribution in [2.24, 2.45) is 0 Å². The van der Waals surface area contributed by atoms with Gasteiger partial charge in [0, 0.05) is 29.0 Å². The molecule has 4 rings (SSSR count). The molecule has 172 valence electrons. The molecule has 0 atom stereocenters. The Morgan fingerprint density at radius 3 is 2.55 bits per heavy atom. The zero-order valence-corrected chi connectivity index (χ0v) is 20.1. The van der Waals surface area contributed by atoms with E-state index in [1.807, 2.05) is 6.20 Å². The van der Waals surface area contributed by atoms with Gasteiger partial charge in [0.1, 0.15) is 11.4 Å². The fourth-order valence-corrected chi connectivity index (χ4v) is 4.11. The smallest absolute Gasteiger partial charge is 0.138 e. The van der Waals surface area contributed by atoms with E-state index in [2.05, 4.69) is 96.6 Å². The van der Waals surface area contributed by atoms with Gasteiger partial charge in [-0.25, -0.2) is 4.98 Å². The van der Waals surface area contributed by atoms with Gasteiger partial charge < -0.3 is 14.6 Å². The average molecular weight is 442 g/mol. The monoisotopic (exact) mass is 441 g/mol. The van der Waals surface area contributed by atoms with Gasteiger partial charge in [-0.1, -0.05) is 50.1 Å². The third-order valence-corrected chi connectivity index (χ3v) is 5.96. The molecule has 0 bridgehead atoms. The van der Waals surface area contributed by atoms with Gasteiger partial charge in [-0.05, 0) is 80.4 Å². The number of unbranched alkanes of at least 4 members (excludes halogenated alkanes) is 3. The van der Waals surface area contributed by atoms with Gasteiger partial charge in [-0.15, -0.1) is 0 Å². The van der Waals surface area contributed by atoms with E-state index in [0.717, 1.165) is 48.5 Å². The number of rotatable bonds is 11. The predicted molar refractivity (Wildman–Crippen MR) is 141 cm³/mol. The molecule has 4 nitrogen and oxygen atoms in total. The van der Waals surface area contributed by atoms with E-state index in [0.29, 0.717) is 0 Å². The first-order valence-electron chi connectivity index (χ1n) is 12.1. The second-order valence-electron chi connectivity index (χ2n) is 8.98. The molecule has 1 N–H and O–H groups in total. The Hall–Kier alpha value is -3.11. The molecule has 0 aliphatic carbocycles. The highest BCUT2D eigenvalue weighted by Crippen LogP contribution is 2.31. The fraction of sp³-hybridized carbons (Fsp3) is 0.345. The van der Waals surface area contributed by atoms with Crippen LogP contribution in [0.2, 0.25) is 0 Å². The van der Waals surface area contributed by atoms with Crippen LogP contribution in [0.3, 0.4) is 0 Å². The molecular weight excluding hydrogens is 406 g/mol. The van der Waals surface area contributed by atoms with Crippen LogP contribution in [-0.2, 0) is 0 Å². The number of hydrogen-bond donors (Lipinski definition) is 1. The lowest BCUT2D eigenvalue weighted by atomic mass is 10.0. The van der Waals surface area contributed by atoms with Crippen molar-refractivity contribution in [2.45, 2.75) is 39.0 Å². The number of pyridine rings is 1. The number of H-pyrrole nitrogens is 1. The summed E-state index contributed by atoms with van der Waals surface area (Å²) in [6.07, 6.45) is 12.4. The summed E-state index contributed by atoms with van der Waals surface area (Å²) >= 11 is 0. The van der Waals surface area contributed by atoms with Gasteiger partial charge in [0.05, 0.1) is 6.61 Å². The topological polar surface area (TPSA) is 41.1 Å². The molecule has 2 aromatic carbocycles. The Morgan fingerprint density at radius 1 is 0.939 bits per heavy atom. The van der Waals surface area contributed by atoms with Gasteiger partial charge in [0.25, 0.3) is 0 Å². The second-order valence-corrected chi connectivity index (χ2v) is 8.98. The van der Waals surface area contributed by atoms with Crippen molar-refractivity contribution in [3.63, 3.8) is 0 Å². The SMILES string of the molecule is CCCCCC=Cc1cnc2[nH]c3ccc(-c4ccc(OCCCN(C)C)cc4)cc3c2c1. The van der Waals surface area contributed by atoms with Crippen molar-refractivity contribution in [3.8, 4) is 16.9 Å². The zero-order valence-electron chi connectivity index (χ0n) is 20.1. The first kappa shape index (κ1) is 23.1. The normalized spacial score (nSPS) is 11.9. The Balaban J connectivity index is 1.51. The van der Waals surface area contributed by atoms with Gasteiger partial charge in [0.2, 0.25) is 0 Å². The summed E-state index contributed by atoms with van der Waals surface area (Å²) in [6, 6.07) is 17.2. The number of ether oxygens (including phenoxy) is 1. The summed E-state index contributed by atoms with van der Waals surface area (Å²) < 4.78 is 5.88.